The molecule has 6 nitrogen and oxygen atoms in total. The molecule has 34 heavy (non-hydrogen) atoms. The molecule has 0 spiro atoms. The molecule has 2 aromatic carbocycles. The second-order valence-corrected chi connectivity index (χ2v) is 9.91. The number of rotatable bonds is 6. The van der Waals surface area contributed by atoms with E-state index in [4.69, 9.17) is 9.72 Å². The standard InChI is InChI=1S/C27H31N3O3S/c1-7-8-24-28-21(14-34-24)20-9-10-23-22(13-20)30(27(32)19(6)33-23)18(5)26(31)29-25-16(3)11-15(2)12-17(25)4/h9-14,18-19H,7-8H2,1-6H3,(H,29,31). The van der Waals surface area contributed by atoms with Crippen molar-refractivity contribution in [3.8, 4) is 17.0 Å². The van der Waals surface area contributed by atoms with Gasteiger partial charge in [0.1, 0.15) is 11.8 Å². The smallest absolute Gasteiger partial charge is 0.268 e. The van der Waals surface area contributed by atoms with Crippen LogP contribution in [0.1, 0.15) is 48.9 Å². The van der Waals surface area contributed by atoms with Crippen molar-refractivity contribution in [2.24, 2.45) is 0 Å². The maximum Gasteiger partial charge on any atom is 0.268 e. The van der Waals surface area contributed by atoms with Crippen LogP contribution in [0.5, 0.6) is 5.75 Å². The Bertz CT molecular complexity index is 1230. The number of ether oxygens (including phenoxy) is 1. The van der Waals surface area contributed by atoms with Crippen LogP contribution < -0.4 is 15.0 Å². The topological polar surface area (TPSA) is 71.5 Å². The van der Waals surface area contributed by atoms with Gasteiger partial charge in [-0.1, -0.05) is 24.6 Å². The molecule has 2 heterocycles. The van der Waals surface area contributed by atoms with Crippen LogP contribution in [0.25, 0.3) is 11.3 Å². The molecule has 4 rings (SSSR count). The second-order valence-electron chi connectivity index (χ2n) is 8.97. The summed E-state index contributed by atoms with van der Waals surface area (Å²) in [5.41, 5.74) is 6.27. The zero-order chi connectivity index (χ0) is 24.6. The van der Waals surface area contributed by atoms with Crippen molar-refractivity contribution in [2.45, 2.75) is 66.5 Å². The average molecular weight is 478 g/mol. The van der Waals surface area contributed by atoms with E-state index in [-0.39, 0.29) is 11.8 Å². The molecule has 7 heteroatoms. The van der Waals surface area contributed by atoms with Gasteiger partial charge in [0, 0.05) is 16.6 Å². The fourth-order valence-corrected chi connectivity index (χ4v) is 5.32. The molecule has 2 atom stereocenters. The zero-order valence-electron chi connectivity index (χ0n) is 20.6. The Balaban J connectivity index is 1.67. The van der Waals surface area contributed by atoms with Gasteiger partial charge in [0.15, 0.2) is 6.10 Å². The van der Waals surface area contributed by atoms with Crippen LogP contribution in [0.15, 0.2) is 35.7 Å². The number of anilines is 2. The Kier molecular flexibility index (Phi) is 6.75. The summed E-state index contributed by atoms with van der Waals surface area (Å²) in [4.78, 5) is 32.8. The molecule has 1 N–H and O–H groups in total. The first-order valence-corrected chi connectivity index (χ1v) is 12.5. The highest BCUT2D eigenvalue weighted by atomic mass is 32.1. The number of carbonyl (C=O) groups excluding carboxylic acids is 2. The van der Waals surface area contributed by atoms with E-state index < -0.39 is 12.1 Å². The molecule has 0 aliphatic carbocycles. The van der Waals surface area contributed by atoms with Gasteiger partial charge in [-0.05, 0) is 76.8 Å². The zero-order valence-corrected chi connectivity index (χ0v) is 21.4. The molecular formula is C27H31N3O3S. The summed E-state index contributed by atoms with van der Waals surface area (Å²) in [6.07, 6.45) is 1.31. The van der Waals surface area contributed by atoms with Gasteiger partial charge in [0.2, 0.25) is 5.91 Å². The fourth-order valence-electron chi connectivity index (χ4n) is 4.41. The number of carbonyl (C=O) groups is 2. The second kappa shape index (κ2) is 9.58. The number of nitrogens with one attached hydrogen (secondary N) is 1. The molecule has 0 fully saturated rings. The Morgan fingerprint density at radius 1 is 1.21 bits per heavy atom. The summed E-state index contributed by atoms with van der Waals surface area (Å²) in [6, 6.07) is 9.07. The van der Waals surface area contributed by atoms with E-state index >= 15 is 0 Å². The predicted octanol–water partition coefficient (Wildman–Crippen LogP) is 5.83. The van der Waals surface area contributed by atoms with Gasteiger partial charge >= 0.3 is 0 Å². The third-order valence-electron chi connectivity index (χ3n) is 6.11. The lowest BCUT2D eigenvalue weighted by molar-refractivity contribution is -0.128. The summed E-state index contributed by atoms with van der Waals surface area (Å²) in [5.74, 6) is 0.101. The van der Waals surface area contributed by atoms with Crippen molar-refractivity contribution in [2.75, 3.05) is 10.2 Å². The SMILES string of the molecule is CCCc1nc(-c2ccc3c(c2)N(C(C)C(=O)Nc2c(C)cc(C)cc2C)C(=O)C(C)O3)cs1. The quantitative estimate of drug-likeness (QED) is 0.485. The van der Waals surface area contributed by atoms with Gasteiger partial charge in [0.05, 0.1) is 16.4 Å². The van der Waals surface area contributed by atoms with Crippen molar-refractivity contribution >= 4 is 34.5 Å². The van der Waals surface area contributed by atoms with Crippen molar-refractivity contribution in [3.63, 3.8) is 0 Å². The predicted molar refractivity (Wildman–Crippen MR) is 138 cm³/mol. The van der Waals surface area contributed by atoms with E-state index in [1.54, 1.807) is 30.1 Å². The van der Waals surface area contributed by atoms with Crippen LogP contribution in [-0.4, -0.2) is 28.9 Å². The van der Waals surface area contributed by atoms with Crippen LogP contribution in [0.4, 0.5) is 11.4 Å². The minimum atomic E-state index is -0.723. The largest absolute Gasteiger partial charge is 0.479 e. The van der Waals surface area contributed by atoms with Gasteiger partial charge in [-0.2, -0.15) is 0 Å². The highest BCUT2D eigenvalue weighted by Gasteiger charge is 2.37. The molecular weight excluding hydrogens is 446 g/mol. The number of fused-ring (bicyclic) bond motifs is 1. The molecule has 178 valence electrons. The molecule has 1 aromatic heterocycles. The molecule has 0 saturated heterocycles. The van der Waals surface area contributed by atoms with Crippen LogP contribution in [0, 0.1) is 20.8 Å². The highest BCUT2D eigenvalue weighted by molar-refractivity contribution is 7.09. The number of hydrogen-bond donors (Lipinski definition) is 1. The van der Waals surface area contributed by atoms with Gasteiger partial charge < -0.3 is 10.1 Å². The van der Waals surface area contributed by atoms with Gasteiger partial charge in [-0.3, -0.25) is 14.5 Å². The summed E-state index contributed by atoms with van der Waals surface area (Å²) in [5, 5.41) is 6.17. The highest BCUT2D eigenvalue weighted by Crippen LogP contribution is 2.39. The molecule has 2 amide bonds. The molecule has 0 saturated carbocycles. The first-order chi connectivity index (χ1) is 16.2. The lowest BCUT2D eigenvalue weighted by Crippen LogP contribution is -2.52. The van der Waals surface area contributed by atoms with E-state index in [1.165, 1.54) is 0 Å². The maximum absolute atomic E-state index is 13.3. The van der Waals surface area contributed by atoms with Crippen LogP contribution in [0.2, 0.25) is 0 Å². The summed E-state index contributed by atoms with van der Waals surface area (Å²) >= 11 is 1.64. The number of aromatic nitrogens is 1. The van der Waals surface area contributed by atoms with E-state index in [2.05, 4.69) is 12.2 Å². The van der Waals surface area contributed by atoms with Gasteiger partial charge in [-0.25, -0.2) is 4.98 Å². The van der Waals surface area contributed by atoms with E-state index in [0.717, 1.165) is 51.5 Å². The number of thiazole rings is 1. The normalized spacial score (nSPS) is 16.1. The minimum absolute atomic E-state index is 0.241. The van der Waals surface area contributed by atoms with Crippen molar-refractivity contribution in [3.05, 3.63) is 57.4 Å². The van der Waals surface area contributed by atoms with Crippen molar-refractivity contribution < 1.29 is 14.3 Å². The Hall–Kier alpha value is -3.19. The van der Waals surface area contributed by atoms with Crippen molar-refractivity contribution in [1.82, 2.24) is 4.98 Å². The molecule has 2 unspecified atom stereocenters. The third kappa shape index (κ3) is 4.57. The van der Waals surface area contributed by atoms with Gasteiger partial charge in [-0.15, -0.1) is 11.3 Å². The average Bonchev–Trinajstić information content (AvgIpc) is 3.25. The minimum Gasteiger partial charge on any atom is -0.479 e. The Morgan fingerprint density at radius 3 is 2.59 bits per heavy atom. The Labute approximate surface area is 205 Å². The Morgan fingerprint density at radius 2 is 1.91 bits per heavy atom. The monoisotopic (exact) mass is 477 g/mol. The van der Waals surface area contributed by atoms with Gasteiger partial charge in [0.25, 0.3) is 5.91 Å². The molecule has 0 bridgehead atoms. The molecule has 0 radical (unpaired) electrons. The number of hydrogen-bond acceptors (Lipinski definition) is 5. The summed E-state index contributed by atoms with van der Waals surface area (Å²) in [6.45, 7) is 11.6. The first-order valence-electron chi connectivity index (χ1n) is 11.7. The first kappa shape index (κ1) is 24.0. The molecule has 1 aliphatic rings. The fraction of sp³-hybridized carbons (Fsp3) is 0.370. The van der Waals surface area contributed by atoms with Crippen LogP contribution in [0.3, 0.4) is 0 Å². The lowest BCUT2D eigenvalue weighted by Gasteiger charge is -2.36. The van der Waals surface area contributed by atoms with Crippen molar-refractivity contribution in [1.29, 1.82) is 0 Å². The lowest BCUT2D eigenvalue weighted by atomic mass is 10.0. The number of amides is 2. The number of benzene rings is 2. The molecule has 3 aromatic rings. The van der Waals surface area contributed by atoms with E-state index in [9.17, 15) is 9.59 Å². The summed E-state index contributed by atoms with van der Waals surface area (Å²) in [7, 11) is 0. The number of aryl methyl sites for hydroxylation is 4. The summed E-state index contributed by atoms with van der Waals surface area (Å²) < 4.78 is 5.87. The van der Waals surface area contributed by atoms with E-state index in [1.807, 2.05) is 56.5 Å². The third-order valence-corrected chi connectivity index (χ3v) is 7.02. The molecule has 1 aliphatic heterocycles. The van der Waals surface area contributed by atoms with E-state index in [0.29, 0.717) is 11.4 Å². The number of nitrogens with zero attached hydrogens (tertiary/aromatic N) is 2. The van der Waals surface area contributed by atoms with Crippen LogP contribution >= 0.6 is 11.3 Å². The maximum atomic E-state index is 13.3. The van der Waals surface area contributed by atoms with Crippen LogP contribution in [-0.2, 0) is 16.0 Å².